The number of aryl methyl sites for hydroxylation is 8. The molecule has 12 aromatic rings. The van der Waals surface area contributed by atoms with E-state index in [4.69, 9.17) is 0 Å². The summed E-state index contributed by atoms with van der Waals surface area (Å²) < 4.78 is 13.6. The number of rotatable bonds is 0. The third-order valence-electron chi connectivity index (χ3n) is 18.6. The molecule has 113 heavy (non-hydrogen) atoms. The standard InChI is InChI=1S/C21H24N6O2.C20H23N7O2.C19H21N7O2.C18H19N7O2/c1-26-14-18-19(25-26)21(29)22-9-4-2-3-5-10-27-13-17(12-23-27)15-7-6-8-16(11-15)20(28)24-18;1-26-13-17-18(25-26)20(29)21-9-4-2-3-5-10-27-12-14(11-22-27)15-7-6-8-16(23-15)19(28)24-17;1-25-12-16-17(24-25)19(28)20-8-3-2-4-9-26-11-13(10-21-26)14-6-5-7-15(22-14)18(27)23-16;1-24-11-15-16(23-24)18(27)19-7-2-3-8-25-10-12(9-20-25)13-5-4-6-14(21-13)17(26)22-15/h6-8,11-14H,2-5,9-10H2,1H3,(H,22,29)(H,24,28);6-8,11-13H,2-5,9-10H2,1H3,(H,21,29)(H,24,28);5-7,10-12H,2-4,8-9H2,1H3,(H,20,28)(H,23,27);4-6,9-11H,2-3,7-8H2,1H3,(H,19,27)(H,22,26). The first kappa shape index (κ1) is 77.3. The van der Waals surface area contributed by atoms with Crippen molar-refractivity contribution in [3.8, 4) is 44.9 Å². The summed E-state index contributed by atoms with van der Waals surface area (Å²) in [5.41, 5.74) is 10.0. The van der Waals surface area contributed by atoms with E-state index in [1.54, 1.807) is 114 Å². The second kappa shape index (κ2) is 36.5. The van der Waals surface area contributed by atoms with E-state index >= 15 is 0 Å². The molecule has 16 bridgehead atoms. The lowest BCUT2D eigenvalue weighted by atomic mass is 10.1. The molecule has 4 aliphatic heterocycles. The van der Waals surface area contributed by atoms with Crippen LogP contribution in [0.25, 0.3) is 44.9 Å². The molecule has 0 atom stereocenters. The molecule has 0 saturated heterocycles. The molecule has 0 spiro atoms. The van der Waals surface area contributed by atoms with Crippen molar-refractivity contribution >= 4 is 70.0 Å². The summed E-state index contributed by atoms with van der Waals surface area (Å²) in [6.07, 6.45) is 33.8. The van der Waals surface area contributed by atoms with Crippen LogP contribution < -0.4 is 42.5 Å². The lowest BCUT2D eigenvalue weighted by Gasteiger charge is -2.08. The van der Waals surface area contributed by atoms with E-state index in [0.717, 1.165) is 137 Å². The molecule has 0 aliphatic carbocycles. The Morgan fingerprint density at radius 1 is 0.265 bits per heavy atom. The maximum Gasteiger partial charge on any atom is 0.274 e. The average Bonchev–Trinajstić information content (AvgIpc) is 1.80. The second-order valence-electron chi connectivity index (χ2n) is 27.5. The minimum Gasteiger partial charge on any atom is -0.351 e. The highest BCUT2D eigenvalue weighted by atomic mass is 16.2. The fourth-order valence-electron chi connectivity index (χ4n) is 12.9. The number of aromatic nitrogens is 19. The summed E-state index contributed by atoms with van der Waals surface area (Å²) in [4.78, 5) is 114. The van der Waals surface area contributed by atoms with Crippen molar-refractivity contribution < 1.29 is 38.4 Å². The molecule has 16 rings (SSSR count). The lowest BCUT2D eigenvalue weighted by molar-refractivity contribution is 0.0939. The SMILES string of the molecule is Cn1cc2c(n1)C(=O)NCCCCCCn1cc(cn1)-c1cccc(c1)C(=O)N2.Cn1cc2c(n1)C(=O)NCCCCCCn1cc(cn1)-c1cccc(n1)C(=O)N2.Cn1cc2c(n1)C(=O)NCCCCCn1cc(cn1)-c1cccc(n1)C(=O)N2.Cn1cc2c(n1)C(=O)NCCCCn1cc(cn1)-c1cccc(n1)C(=O)N2. The van der Waals surface area contributed by atoms with E-state index in [1.807, 2.05) is 86.1 Å². The van der Waals surface area contributed by atoms with Crippen molar-refractivity contribution in [2.75, 3.05) is 47.4 Å². The van der Waals surface area contributed by atoms with Crippen molar-refractivity contribution in [3.05, 3.63) is 199 Å². The smallest absolute Gasteiger partial charge is 0.274 e. The van der Waals surface area contributed by atoms with Gasteiger partial charge in [-0.05, 0) is 112 Å². The van der Waals surface area contributed by atoms with Crippen molar-refractivity contribution in [3.63, 3.8) is 0 Å². The Bertz CT molecular complexity index is 5250. The molecule has 0 radical (unpaired) electrons. The molecule has 15 heterocycles. The van der Waals surface area contributed by atoms with Crippen molar-refractivity contribution in [2.24, 2.45) is 28.2 Å². The molecular weight excluding hydrogens is 1440 g/mol. The van der Waals surface area contributed by atoms with Gasteiger partial charge in [0.05, 0.1) is 64.6 Å². The molecule has 35 nitrogen and oxygen atoms in total. The van der Waals surface area contributed by atoms with Gasteiger partial charge in [-0.25, -0.2) is 15.0 Å². The summed E-state index contributed by atoms with van der Waals surface area (Å²) in [5.74, 6) is -2.70. The Kier molecular flexibility index (Phi) is 25.0. The van der Waals surface area contributed by atoms with Crippen LogP contribution in [0.5, 0.6) is 0 Å². The number of pyridine rings is 3. The van der Waals surface area contributed by atoms with Crippen molar-refractivity contribution in [1.29, 1.82) is 0 Å². The first-order chi connectivity index (χ1) is 54.9. The number of nitrogens with one attached hydrogen (secondary N) is 8. The van der Waals surface area contributed by atoms with Crippen LogP contribution in [0.4, 0.5) is 22.7 Å². The van der Waals surface area contributed by atoms with E-state index in [0.29, 0.717) is 71.6 Å². The van der Waals surface area contributed by atoms with Gasteiger partial charge in [0.1, 0.15) is 17.1 Å². The molecule has 582 valence electrons. The van der Waals surface area contributed by atoms with Gasteiger partial charge in [-0.3, -0.25) is 75.8 Å². The van der Waals surface area contributed by atoms with Crippen LogP contribution in [0.15, 0.2) is 153 Å². The van der Waals surface area contributed by atoms with Gasteiger partial charge >= 0.3 is 0 Å². The zero-order valence-corrected chi connectivity index (χ0v) is 63.0. The molecule has 35 heteroatoms. The van der Waals surface area contributed by atoms with Crippen LogP contribution in [0.2, 0.25) is 0 Å². The normalized spacial score (nSPS) is 15.4. The topological polar surface area (TPSA) is 414 Å². The fraction of sp³-hybridized carbons (Fsp3) is 0.321. The predicted octanol–water partition coefficient (Wildman–Crippen LogP) is 8.37. The number of hydrogen-bond acceptors (Lipinski definition) is 19. The largest absolute Gasteiger partial charge is 0.351 e. The number of fused-ring (bicyclic) bond motifs is 24. The predicted molar refractivity (Wildman–Crippen MR) is 418 cm³/mol. The monoisotopic (exact) mass is 1530 g/mol. The minimum absolute atomic E-state index is 0.184. The third-order valence-corrected chi connectivity index (χ3v) is 18.6. The van der Waals surface area contributed by atoms with Crippen molar-refractivity contribution in [2.45, 2.75) is 110 Å². The van der Waals surface area contributed by atoms with Gasteiger partial charge in [0.2, 0.25) is 0 Å². The zero-order chi connectivity index (χ0) is 78.7. The Labute approximate surface area is 648 Å². The Hall–Kier alpha value is -13.9. The number of benzene rings is 1. The van der Waals surface area contributed by atoms with Crippen LogP contribution in [0, 0.1) is 0 Å². The average molecular weight is 1530 g/mol. The Balaban J connectivity index is 0.000000132. The lowest BCUT2D eigenvalue weighted by Crippen LogP contribution is -2.26. The molecule has 0 unspecified atom stereocenters. The molecule has 8 N–H and O–H groups in total. The number of nitrogens with zero attached hydrogens (tertiary/aromatic N) is 19. The highest BCUT2D eigenvalue weighted by Crippen LogP contribution is 2.26. The molecule has 11 aromatic heterocycles. The molecule has 8 amide bonds. The van der Waals surface area contributed by atoms with Gasteiger partial charge in [0, 0.05) is 158 Å². The van der Waals surface area contributed by atoms with Gasteiger partial charge in [-0.1, -0.05) is 56.0 Å². The fourth-order valence-corrected chi connectivity index (χ4v) is 12.9. The van der Waals surface area contributed by atoms with Crippen LogP contribution in [-0.2, 0) is 54.4 Å². The summed E-state index contributed by atoms with van der Waals surface area (Å²) in [6.45, 7) is 5.43. The quantitative estimate of drug-likeness (QED) is 0.0706. The van der Waals surface area contributed by atoms with Crippen LogP contribution in [0.1, 0.15) is 167 Å². The highest BCUT2D eigenvalue weighted by Gasteiger charge is 2.25. The summed E-state index contributed by atoms with van der Waals surface area (Å²) in [7, 11) is 6.83. The maximum atomic E-state index is 12.8. The summed E-state index contributed by atoms with van der Waals surface area (Å²) in [6, 6.07) is 23.1. The van der Waals surface area contributed by atoms with Gasteiger partial charge in [-0.15, -0.1) is 0 Å². The number of carbonyl (C=O) groups is 8. The van der Waals surface area contributed by atoms with E-state index in [-0.39, 0.29) is 69.4 Å². The number of hydrogen-bond donors (Lipinski definition) is 8. The summed E-state index contributed by atoms with van der Waals surface area (Å²) >= 11 is 0. The number of anilines is 4. The highest BCUT2D eigenvalue weighted by molar-refractivity contribution is 6.11. The van der Waals surface area contributed by atoms with Gasteiger partial charge in [-0.2, -0.15) is 40.8 Å². The van der Waals surface area contributed by atoms with Crippen LogP contribution in [-0.4, -0.2) is 167 Å². The number of amides is 8. The van der Waals surface area contributed by atoms with Crippen molar-refractivity contribution in [1.82, 2.24) is 114 Å². The molecule has 1 aromatic carbocycles. The molecule has 0 fully saturated rings. The van der Waals surface area contributed by atoms with Gasteiger partial charge in [0.15, 0.2) is 22.8 Å². The Morgan fingerprint density at radius 2 is 0.531 bits per heavy atom. The van der Waals surface area contributed by atoms with Gasteiger partial charge < -0.3 is 42.5 Å². The van der Waals surface area contributed by atoms with E-state index < -0.39 is 17.7 Å². The second-order valence-corrected chi connectivity index (χ2v) is 27.5. The first-order valence-corrected chi connectivity index (χ1v) is 37.6. The minimum atomic E-state index is -0.404. The van der Waals surface area contributed by atoms with E-state index in [9.17, 15) is 38.4 Å². The van der Waals surface area contributed by atoms with E-state index in [1.165, 1.54) is 18.7 Å². The summed E-state index contributed by atoms with van der Waals surface area (Å²) in [5, 5.41) is 56.9. The molecule has 4 aliphatic rings. The first-order valence-electron chi connectivity index (χ1n) is 37.6. The molecular formula is C78H87N27O8. The molecule has 0 saturated carbocycles. The third kappa shape index (κ3) is 20.3. The van der Waals surface area contributed by atoms with Crippen LogP contribution in [0.3, 0.4) is 0 Å². The van der Waals surface area contributed by atoms with Gasteiger partial charge in [0.25, 0.3) is 47.3 Å². The maximum absolute atomic E-state index is 12.8. The Morgan fingerprint density at radius 3 is 0.885 bits per heavy atom. The van der Waals surface area contributed by atoms with Crippen LogP contribution >= 0.6 is 0 Å². The number of carbonyl (C=O) groups excluding carboxylic acids is 8. The van der Waals surface area contributed by atoms with E-state index in [2.05, 4.69) is 98.3 Å². The zero-order valence-electron chi connectivity index (χ0n) is 63.0.